The zero-order valence-electron chi connectivity index (χ0n) is 14.5. The fourth-order valence-electron chi connectivity index (χ4n) is 2.20. The summed E-state index contributed by atoms with van der Waals surface area (Å²) < 4.78 is 13.5. The second-order valence-corrected chi connectivity index (χ2v) is 5.56. The molecule has 0 unspecified atom stereocenters. The molecule has 0 aromatic heterocycles. The Morgan fingerprint density at radius 3 is 2.44 bits per heavy atom. The maximum Gasteiger partial charge on any atom is 0.251 e. The van der Waals surface area contributed by atoms with Crippen molar-refractivity contribution in [1.29, 1.82) is 0 Å². The number of hydrogen-bond acceptors (Lipinski definition) is 2. The summed E-state index contributed by atoms with van der Waals surface area (Å²) in [6, 6.07) is 14.2. The second-order valence-electron chi connectivity index (χ2n) is 5.56. The third-order valence-corrected chi connectivity index (χ3v) is 3.66. The van der Waals surface area contributed by atoms with Gasteiger partial charge in [0, 0.05) is 32.2 Å². The SMILES string of the molecule is CN=C(NCCNC(=O)c1ccccc1)NCc1ccc(C)c(F)c1. The van der Waals surface area contributed by atoms with Crippen molar-refractivity contribution in [3.8, 4) is 0 Å². The molecule has 2 rings (SSSR count). The molecule has 2 aromatic rings. The number of guanidine groups is 1. The van der Waals surface area contributed by atoms with Crippen LogP contribution in [0.4, 0.5) is 4.39 Å². The lowest BCUT2D eigenvalue weighted by Gasteiger charge is -2.13. The van der Waals surface area contributed by atoms with E-state index in [0.29, 0.717) is 36.7 Å². The van der Waals surface area contributed by atoms with Gasteiger partial charge in [0.05, 0.1) is 0 Å². The predicted molar refractivity (Wildman–Crippen MR) is 98.1 cm³/mol. The van der Waals surface area contributed by atoms with Crippen molar-refractivity contribution < 1.29 is 9.18 Å². The summed E-state index contributed by atoms with van der Waals surface area (Å²) in [5, 5.41) is 9.05. The third-order valence-electron chi connectivity index (χ3n) is 3.66. The number of hydrogen-bond donors (Lipinski definition) is 3. The number of halogens is 1. The lowest BCUT2D eigenvalue weighted by atomic mass is 10.1. The highest BCUT2D eigenvalue weighted by atomic mass is 19.1. The van der Waals surface area contributed by atoms with Gasteiger partial charge in [0.15, 0.2) is 5.96 Å². The van der Waals surface area contributed by atoms with Gasteiger partial charge in [-0.05, 0) is 36.2 Å². The normalized spacial score (nSPS) is 11.1. The van der Waals surface area contributed by atoms with E-state index in [2.05, 4.69) is 20.9 Å². The monoisotopic (exact) mass is 342 g/mol. The van der Waals surface area contributed by atoms with Gasteiger partial charge in [-0.1, -0.05) is 30.3 Å². The average Bonchev–Trinajstić information content (AvgIpc) is 2.64. The van der Waals surface area contributed by atoms with Gasteiger partial charge >= 0.3 is 0 Å². The van der Waals surface area contributed by atoms with E-state index in [4.69, 9.17) is 0 Å². The second kappa shape index (κ2) is 9.42. The first-order valence-corrected chi connectivity index (χ1v) is 8.13. The van der Waals surface area contributed by atoms with Crippen molar-refractivity contribution in [3.05, 3.63) is 71.0 Å². The summed E-state index contributed by atoms with van der Waals surface area (Å²) >= 11 is 0. The minimum absolute atomic E-state index is 0.111. The smallest absolute Gasteiger partial charge is 0.251 e. The summed E-state index contributed by atoms with van der Waals surface area (Å²) in [4.78, 5) is 16.0. The number of rotatable bonds is 6. The molecule has 0 atom stereocenters. The van der Waals surface area contributed by atoms with Crippen molar-refractivity contribution in [1.82, 2.24) is 16.0 Å². The van der Waals surface area contributed by atoms with Gasteiger partial charge < -0.3 is 16.0 Å². The molecule has 0 aliphatic carbocycles. The maximum atomic E-state index is 13.5. The van der Waals surface area contributed by atoms with E-state index in [-0.39, 0.29) is 11.7 Å². The molecule has 6 heteroatoms. The zero-order valence-corrected chi connectivity index (χ0v) is 14.5. The van der Waals surface area contributed by atoms with Crippen LogP contribution in [0.25, 0.3) is 0 Å². The van der Waals surface area contributed by atoms with E-state index in [9.17, 15) is 9.18 Å². The Bertz CT molecular complexity index is 731. The third kappa shape index (κ3) is 5.91. The molecule has 0 saturated carbocycles. The van der Waals surface area contributed by atoms with Crippen molar-refractivity contribution >= 4 is 11.9 Å². The van der Waals surface area contributed by atoms with Crippen molar-refractivity contribution in [2.45, 2.75) is 13.5 Å². The predicted octanol–water partition coefficient (Wildman–Crippen LogP) is 2.23. The Labute approximate surface area is 147 Å². The van der Waals surface area contributed by atoms with Crippen LogP contribution in [0.2, 0.25) is 0 Å². The van der Waals surface area contributed by atoms with Crippen LogP contribution in [0.5, 0.6) is 0 Å². The Balaban J connectivity index is 1.71. The highest BCUT2D eigenvalue weighted by molar-refractivity contribution is 5.94. The first-order chi connectivity index (χ1) is 12.1. The molecule has 5 nitrogen and oxygen atoms in total. The molecule has 0 radical (unpaired) electrons. The minimum atomic E-state index is -0.217. The van der Waals surface area contributed by atoms with Crippen LogP contribution in [0.3, 0.4) is 0 Å². The van der Waals surface area contributed by atoms with Gasteiger partial charge in [0.2, 0.25) is 0 Å². The van der Waals surface area contributed by atoms with Crippen LogP contribution in [0.1, 0.15) is 21.5 Å². The van der Waals surface area contributed by atoms with Crippen LogP contribution in [-0.2, 0) is 6.54 Å². The van der Waals surface area contributed by atoms with Gasteiger partial charge in [-0.2, -0.15) is 0 Å². The van der Waals surface area contributed by atoms with Gasteiger partial charge in [-0.25, -0.2) is 4.39 Å². The Kier molecular flexibility index (Phi) is 6.95. The first-order valence-electron chi connectivity index (χ1n) is 8.13. The van der Waals surface area contributed by atoms with Gasteiger partial charge in [0.1, 0.15) is 5.82 Å². The molecule has 0 heterocycles. The summed E-state index contributed by atoms with van der Waals surface area (Å²) in [5.74, 6) is 0.265. The number of nitrogens with one attached hydrogen (secondary N) is 3. The quantitative estimate of drug-likeness (QED) is 0.428. The van der Waals surface area contributed by atoms with E-state index < -0.39 is 0 Å². The summed E-state index contributed by atoms with van der Waals surface area (Å²) in [7, 11) is 1.66. The number of nitrogens with zero attached hydrogens (tertiary/aromatic N) is 1. The summed E-state index contributed by atoms with van der Waals surface area (Å²) in [5.41, 5.74) is 2.09. The highest BCUT2D eigenvalue weighted by Gasteiger charge is 2.04. The largest absolute Gasteiger partial charge is 0.355 e. The van der Waals surface area contributed by atoms with Crippen LogP contribution < -0.4 is 16.0 Å². The van der Waals surface area contributed by atoms with E-state index in [1.165, 1.54) is 6.07 Å². The average molecular weight is 342 g/mol. The standard InChI is InChI=1S/C19H23FN4O/c1-14-8-9-15(12-17(14)20)13-24-19(21-2)23-11-10-22-18(25)16-6-4-3-5-7-16/h3-9,12H,10-11,13H2,1-2H3,(H,22,25)(H2,21,23,24). The molecule has 0 saturated heterocycles. The molecule has 0 spiro atoms. The van der Waals surface area contributed by atoms with Crippen molar-refractivity contribution in [3.63, 3.8) is 0 Å². The van der Waals surface area contributed by atoms with Gasteiger partial charge in [-0.3, -0.25) is 9.79 Å². The fraction of sp³-hybridized carbons (Fsp3) is 0.263. The Hall–Kier alpha value is -2.89. The minimum Gasteiger partial charge on any atom is -0.355 e. The molecule has 2 aromatic carbocycles. The maximum absolute atomic E-state index is 13.5. The molecule has 1 amide bonds. The molecule has 3 N–H and O–H groups in total. The molecule has 0 aliphatic rings. The van der Waals surface area contributed by atoms with Crippen molar-refractivity contribution in [2.24, 2.45) is 4.99 Å². The van der Waals surface area contributed by atoms with Crippen LogP contribution >= 0.6 is 0 Å². The highest BCUT2D eigenvalue weighted by Crippen LogP contribution is 2.08. The molecular formula is C19H23FN4O. The number of aryl methyl sites for hydroxylation is 1. The molecular weight excluding hydrogens is 319 g/mol. The summed E-state index contributed by atoms with van der Waals surface area (Å²) in [6.45, 7) is 3.19. The molecule has 132 valence electrons. The molecule has 0 bridgehead atoms. The van der Waals surface area contributed by atoms with Gasteiger partial charge in [-0.15, -0.1) is 0 Å². The van der Waals surface area contributed by atoms with Crippen LogP contribution in [0.15, 0.2) is 53.5 Å². The van der Waals surface area contributed by atoms with Crippen LogP contribution in [-0.4, -0.2) is 32.0 Å². The Morgan fingerprint density at radius 1 is 1.04 bits per heavy atom. The van der Waals surface area contributed by atoms with Crippen molar-refractivity contribution in [2.75, 3.05) is 20.1 Å². The number of aliphatic imine (C=N–C) groups is 1. The number of benzene rings is 2. The number of amides is 1. The molecule has 25 heavy (non-hydrogen) atoms. The lowest BCUT2D eigenvalue weighted by molar-refractivity contribution is 0.0954. The number of carbonyl (C=O) groups excluding carboxylic acids is 1. The first kappa shape index (κ1) is 18.4. The molecule has 0 fully saturated rings. The lowest BCUT2D eigenvalue weighted by Crippen LogP contribution is -2.41. The molecule has 0 aliphatic heterocycles. The van der Waals surface area contributed by atoms with Crippen LogP contribution in [0, 0.1) is 12.7 Å². The Morgan fingerprint density at radius 2 is 1.76 bits per heavy atom. The van der Waals surface area contributed by atoms with E-state index in [1.54, 1.807) is 32.2 Å². The zero-order chi connectivity index (χ0) is 18.1. The fourth-order valence-corrected chi connectivity index (χ4v) is 2.20. The number of carbonyl (C=O) groups is 1. The topological polar surface area (TPSA) is 65.5 Å². The van der Waals surface area contributed by atoms with E-state index in [0.717, 1.165) is 5.56 Å². The van der Waals surface area contributed by atoms with E-state index >= 15 is 0 Å². The van der Waals surface area contributed by atoms with Gasteiger partial charge in [0.25, 0.3) is 5.91 Å². The van der Waals surface area contributed by atoms with E-state index in [1.807, 2.05) is 24.3 Å². The summed E-state index contributed by atoms with van der Waals surface area (Å²) in [6.07, 6.45) is 0.